The van der Waals surface area contributed by atoms with Crippen molar-refractivity contribution in [2.75, 3.05) is 0 Å². The van der Waals surface area contributed by atoms with Crippen LogP contribution in [0.3, 0.4) is 0 Å². The molecule has 0 aromatic rings. The molecule has 60 valence electrons. The molecule has 0 atom stereocenters. The summed E-state index contributed by atoms with van der Waals surface area (Å²) in [5.74, 6) is 2.11. The van der Waals surface area contributed by atoms with E-state index in [1.165, 1.54) is 38.5 Å². The van der Waals surface area contributed by atoms with Crippen LogP contribution in [0.2, 0.25) is 0 Å². The normalized spacial score (nSPS) is 34.2. The van der Waals surface area contributed by atoms with Gasteiger partial charge in [0.25, 0.3) is 0 Å². The summed E-state index contributed by atoms with van der Waals surface area (Å²) in [6, 6.07) is 0. The average molecular weight is 140 g/mol. The third kappa shape index (κ3) is 2.32. The monoisotopic (exact) mass is 140 g/mol. The third-order valence-corrected chi connectivity index (χ3v) is 2.83. The standard InChI is InChI=1S/C10H20/c1-3-4-10-7-5-9(2)6-8-10/h9-10H,3-8H2,1-2H3. The van der Waals surface area contributed by atoms with Gasteiger partial charge >= 0.3 is 0 Å². The van der Waals surface area contributed by atoms with Gasteiger partial charge in [0, 0.05) is 0 Å². The molecule has 1 rings (SSSR count). The van der Waals surface area contributed by atoms with Crippen molar-refractivity contribution in [1.29, 1.82) is 0 Å². The van der Waals surface area contributed by atoms with Crippen molar-refractivity contribution in [1.82, 2.24) is 0 Å². The maximum absolute atomic E-state index is 2.39. The van der Waals surface area contributed by atoms with Crippen LogP contribution in [0.4, 0.5) is 0 Å². The summed E-state index contributed by atoms with van der Waals surface area (Å²) in [6.07, 6.45) is 8.87. The maximum Gasteiger partial charge on any atom is -0.0414 e. The molecule has 10 heavy (non-hydrogen) atoms. The van der Waals surface area contributed by atoms with Crippen LogP contribution in [0.15, 0.2) is 0 Å². The minimum atomic E-state index is 1.02. The molecule has 0 aliphatic heterocycles. The fourth-order valence-corrected chi connectivity index (χ4v) is 2.03. The van der Waals surface area contributed by atoms with Gasteiger partial charge in [-0.2, -0.15) is 0 Å². The van der Waals surface area contributed by atoms with E-state index in [9.17, 15) is 0 Å². The van der Waals surface area contributed by atoms with Crippen molar-refractivity contribution in [3.8, 4) is 0 Å². The van der Waals surface area contributed by atoms with Crippen LogP contribution >= 0.6 is 0 Å². The summed E-state index contributed by atoms with van der Waals surface area (Å²) < 4.78 is 0. The predicted molar refractivity (Wildman–Crippen MR) is 46.0 cm³/mol. The lowest BCUT2D eigenvalue weighted by atomic mass is 9.81. The Bertz CT molecular complexity index is 78.0. The molecule has 0 aromatic carbocycles. The zero-order valence-electron chi connectivity index (χ0n) is 7.40. The van der Waals surface area contributed by atoms with Crippen molar-refractivity contribution in [2.45, 2.75) is 52.4 Å². The largest absolute Gasteiger partial charge is 0.0654 e. The zero-order valence-corrected chi connectivity index (χ0v) is 7.40. The molecule has 0 N–H and O–H groups in total. The first-order valence-electron chi connectivity index (χ1n) is 4.83. The highest BCUT2D eigenvalue weighted by Crippen LogP contribution is 2.30. The molecule has 1 fully saturated rings. The molecule has 0 bridgehead atoms. The van der Waals surface area contributed by atoms with Crippen LogP contribution in [0.1, 0.15) is 52.4 Å². The molecule has 0 aromatic heterocycles. The molecular formula is C10H20. The van der Waals surface area contributed by atoms with Gasteiger partial charge in [0.1, 0.15) is 0 Å². The van der Waals surface area contributed by atoms with Crippen molar-refractivity contribution in [3.63, 3.8) is 0 Å². The molecule has 0 radical (unpaired) electrons. The quantitative estimate of drug-likeness (QED) is 0.549. The van der Waals surface area contributed by atoms with Gasteiger partial charge in [-0.25, -0.2) is 0 Å². The molecule has 1 aliphatic rings. The van der Waals surface area contributed by atoms with Crippen molar-refractivity contribution >= 4 is 0 Å². The third-order valence-electron chi connectivity index (χ3n) is 2.83. The molecule has 1 saturated carbocycles. The van der Waals surface area contributed by atoms with Gasteiger partial charge in [-0.05, 0) is 11.8 Å². The van der Waals surface area contributed by atoms with E-state index >= 15 is 0 Å². The van der Waals surface area contributed by atoms with Gasteiger partial charge in [0.2, 0.25) is 0 Å². The Kier molecular flexibility index (Phi) is 3.24. The molecular weight excluding hydrogens is 120 g/mol. The smallest absolute Gasteiger partial charge is 0.0414 e. The minimum Gasteiger partial charge on any atom is -0.0654 e. The second-order valence-corrected chi connectivity index (χ2v) is 3.91. The Hall–Kier alpha value is 0. The van der Waals surface area contributed by atoms with Crippen molar-refractivity contribution in [2.24, 2.45) is 11.8 Å². The van der Waals surface area contributed by atoms with Gasteiger partial charge < -0.3 is 0 Å². The van der Waals surface area contributed by atoms with Crippen LogP contribution in [0.25, 0.3) is 0 Å². The second-order valence-electron chi connectivity index (χ2n) is 3.91. The Labute approximate surface area is 65.0 Å². The molecule has 0 spiro atoms. The molecule has 0 amide bonds. The summed E-state index contributed by atoms with van der Waals surface area (Å²) in [7, 11) is 0. The van der Waals surface area contributed by atoms with E-state index in [0.29, 0.717) is 0 Å². The molecule has 0 nitrogen and oxygen atoms in total. The van der Waals surface area contributed by atoms with Gasteiger partial charge in [0.05, 0.1) is 0 Å². The number of hydrogen-bond donors (Lipinski definition) is 0. The lowest BCUT2D eigenvalue weighted by Crippen LogP contribution is -2.11. The summed E-state index contributed by atoms with van der Waals surface area (Å²) in [5.41, 5.74) is 0. The number of rotatable bonds is 2. The Morgan fingerprint density at radius 1 is 1.10 bits per heavy atom. The Morgan fingerprint density at radius 2 is 1.70 bits per heavy atom. The Balaban J connectivity index is 2.13. The van der Waals surface area contributed by atoms with Gasteiger partial charge in [-0.3, -0.25) is 0 Å². The zero-order chi connectivity index (χ0) is 7.40. The lowest BCUT2D eigenvalue weighted by molar-refractivity contribution is 0.276. The molecule has 0 heterocycles. The fraction of sp³-hybridized carbons (Fsp3) is 1.00. The lowest BCUT2D eigenvalue weighted by Gasteiger charge is -2.25. The summed E-state index contributed by atoms with van der Waals surface area (Å²) >= 11 is 0. The molecule has 0 unspecified atom stereocenters. The van der Waals surface area contributed by atoms with Crippen LogP contribution in [-0.2, 0) is 0 Å². The van der Waals surface area contributed by atoms with Gasteiger partial charge in [0.15, 0.2) is 0 Å². The highest BCUT2D eigenvalue weighted by Gasteiger charge is 2.16. The fourth-order valence-electron chi connectivity index (χ4n) is 2.03. The SMILES string of the molecule is CCCC1CCC(C)CC1. The first-order chi connectivity index (χ1) is 4.83. The molecule has 1 aliphatic carbocycles. The van der Waals surface area contributed by atoms with Crippen LogP contribution in [0, 0.1) is 11.8 Å². The van der Waals surface area contributed by atoms with Gasteiger partial charge in [-0.15, -0.1) is 0 Å². The predicted octanol–water partition coefficient (Wildman–Crippen LogP) is 3.61. The van der Waals surface area contributed by atoms with E-state index < -0.39 is 0 Å². The van der Waals surface area contributed by atoms with E-state index in [2.05, 4.69) is 13.8 Å². The second kappa shape index (κ2) is 4.00. The molecule has 0 saturated heterocycles. The molecule has 0 heteroatoms. The summed E-state index contributed by atoms with van der Waals surface area (Å²) in [4.78, 5) is 0. The van der Waals surface area contributed by atoms with E-state index in [0.717, 1.165) is 11.8 Å². The average Bonchev–Trinajstić information content (AvgIpc) is 1.95. The Morgan fingerprint density at radius 3 is 2.20 bits per heavy atom. The summed E-state index contributed by atoms with van der Waals surface area (Å²) in [5, 5.41) is 0. The van der Waals surface area contributed by atoms with E-state index in [1.807, 2.05) is 0 Å². The van der Waals surface area contributed by atoms with E-state index in [1.54, 1.807) is 0 Å². The van der Waals surface area contributed by atoms with Crippen LogP contribution in [0.5, 0.6) is 0 Å². The van der Waals surface area contributed by atoms with Crippen LogP contribution in [-0.4, -0.2) is 0 Å². The number of hydrogen-bond acceptors (Lipinski definition) is 0. The highest BCUT2D eigenvalue weighted by molar-refractivity contribution is 4.69. The van der Waals surface area contributed by atoms with Crippen molar-refractivity contribution in [3.05, 3.63) is 0 Å². The van der Waals surface area contributed by atoms with E-state index in [-0.39, 0.29) is 0 Å². The first kappa shape index (κ1) is 8.10. The van der Waals surface area contributed by atoms with Crippen molar-refractivity contribution < 1.29 is 0 Å². The highest BCUT2D eigenvalue weighted by atomic mass is 14.2. The maximum atomic E-state index is 2.39. The van der Waals surface area contributed by atoms with E-state index in [4.69, 9.17) is 0 Å². The first-order valence-corrected chi connectivity index (χ1v) is 4.83. The van der Waals surface area contributed by atoms with Crippen LogP contribution < -0.4 is 0 Å². The topological polar surface area (TPSA) is 0 Å². The minimum absolute atomic E-state index is 1.02. The van der Waals surface area contributed by atoms with Gasteiger partial charge in [-0.1, -0.05) is 52.4 Å². The summed E-state index contributed by atoms with van der Waals surface area (Å²) in [6.45, 7) is 4.69.